The highest BCUT2D eigenvalue weighted by molar-refractivity contribution is 7.09. The Morgan fingerprint density at radius 1 is 1.39 bits per heavy atom. The summed E-state index contributed by atoms with van der Waals surface area (Å²) in [7, 11) is 0. The van der Waals surface area contributed by atoms with Gasteiger partial charge in [-0.25, -0.2) is 4.39 Å². The molecule has 0 saturated carbocycles. The average Bonchev–Trinajstić information content (AvgIpc) is 2.81. The SMILES string of the molecule is CC(Cc1cccs1)(C(=O)Cl)c1cccc(F)c1. The predicted octanol–water partition coefficient (Wildman–Crippen LogP) is 4.15. The fourth-order valence-corrected chi connectivity index (χ4v) is 2.92. The number of halogens is 2. The van der Waals surface area contributed by atoms with Crippen LogP contribution in [0.1, 0.15) is 17.4 Å². The third kappa shape index (κ3) is 2.62. The first-order chi connectivity index (χ1) is 8.52. The number of carbonyl (C=O) groups excluding carboxylic acids is 1. The number of hydrogen-bond acceptors (Lipinski definition) is 2. The van der Waals surface area contributed by atoms with Gasteiger partial charge in [-0.15, -0.1) is 11.3 Å². The van der Waals surface area contributed by atoms with Crippen molar-refractivity contribution in [3.63, 3.8) is 0 Å². The van der Waals surface area contributed by atoms with E-state index in [2.05, 4.69) is 0 Å². The summed E-state index contributed by atoms with van der Waals surface area (Å²) in [5.74, 6) is -0.358. The summed E-state index contributed by atoms with van der Waals surface area (Å²) < 4.78 is 13.3. The molecule has 0 aliphatic carbocycles. The largest absolute Gasteiger partial charge is 0.280 e. The molecule has 0 spiro atoms. The van der Waals surface area contributed by atoms with Gasteiger partial charge in [0, 0.05) is 4.88 Å². The molecule has 0 radical (unpaired) electrons. The van der Waals surface area contributed by atoms with Gasteiger partial charge in [-0.1, -0.05) is 18.2 Å². The minimum atomic E-state index is -0.894. The minimum absolute atomic E-state index is 0.358. The molecule has 0 fully saturated rings. The third-order valence-corrected chi connectivity index (χ3v) is 4.30. The van der Waals surface area contributed by atoms with Crippen LogP contribution in [0.5, 0.6) is 0 Å². The lowest BCUT2D eigenvalue weighted by molar-refractivity contribution is -0.116. The van der Waals surface area contributed by atoms with Gasteiger partial charge in [0.1, 0.15) is 5.82 Å². The van der Waals surface area contributed by atoms with Gasteiger partial charge in [-0.2, -0.15) is 0 Å². The van der Waals surface area contributed by atoms with Crippen LogP contribution in [0.2, 0.25) is 0 Å². The monoisotopic (exact) mass is 282 g/mol. The molecule has 1 nitrogen and oxygen atoms in total. The predicted molar refractivity (Wildman–Crippen MR) is 72.6 cm³/mol. The molecule has 18 heavy (non-hydrogen) atoms. The Kier molecular flexibility index (Phi) is 3.83. The van der Waals surface area contributed by atoms with Gasteiger partial charge >= 0.3 is 0 Å². The molecule has 0 aliphatic rings. The van der Waals surface area contributed by atoms with E-state index >= 15 is 0 Å². The molecule has 94 valence electrons. The minimum Gasteiger partial charge on any atom is -0.280 e. The molecule has 1 aromatic heterocycles. The zero-order valence-electron chi connectivity index (χ0n) is 9.82. The summed E-state index contributed by atoms with van der Waals surface area (Å²) in [5.41, 5.74) is -0.287. The zero-order chi connectivity index (χ0) is 13.2. The summed E-state index contributed by atoms with van der Waals surface area (Å²) in [6.07, 6.45) is 0.483. The molecule has 0 amide bonds. The van der Waals surface area contributed by atoms with Crippen LogP contribution in [0.25, 0.3) is 0 Å². The lowest BCUT2D eigenvalue weighted by atomic mass is 9.80. The Labute approximate surface area is 114 Å². The summed E-state index contributed by atoms with van der Waals surface area (Å²) in [4.78, 5) is 12.8. The molecular weight excluding hydrogens is 271 g/mol. The molecule has 1 unspecified atom stereocenters. The Morgan fingerprint density at radius 3 is 2.72 bits per heavy atom. The molecule has 0 saturated heterocycles. The van der Waals surface area contributed by atoms with E-state index in [9.17, 15) is 9.18 Å². The molecule has 2 aromatic rings. The van der Waals surface area contributed by atoms with E-state index in [1.807, 2.05) is 17.5 Å². The van der Waals surface area contributed by atoms with Gasteiger partial charge in [0.25, 0.3) is 0 Å². The topological polar surface area (TPSA) is 17.1 Å². The lowest BCUT2D eigenvalue weighted by Gasteiger charge is -2.25. The van der Waals surface area contributed by atoms with E-state index in [1.165, 1.54) is 12.1 Å². The van der Waals surface area contributed by atoms with E-state index in [1.54, 1.807) is 30.4 Å². The molecular formula is C14H12ClFOS. The normalized spacial score (nSPS) is 14.2. The highest BCUT2D eigenvalue weighted by Gasteiger charge is 2.34. The van der Waals surface area contributed by atoms with Crippen molar-refractivity contribution in [3.8, 4) is 0 Å². The van der Waals surface area contributed by atoms with Crippen LogP contribution in [0.15, 0.2) is 41.8 Å². The smallest absolute Gasteiger partial charge is 0.232 e. The highest BCUT2D eigenvalue weighted by atomic mass is 35.5. The van der Waals surface area contributed by atoms with Crippen LogP contribution in [-0.4, -0.2) is 5.24 Å². The van der Waals surface area contributed by atoms with E-state index in [0.29, 0.717) is 12.0 Å². The van der Waals surface area contributed by atoms with Crippen molar-refractivity contribution >= 4 is 28.2 Å². The maximum Gasteiger partial charge on any atom is 0.232 e. The Balaban J connectivity index is 2.41. The van der Waals surface area contributed by atoms with Crippen molar-refractivity contribution in [3.05, 3.63) is 58.0 Å². The fraction of sp³-hybridized carbons (Fsp3) is 0.214. The molecule has 1 heterocycles. The van der Waals surface area contributed by atoms with Crippen molar-refractivity contribution in [2.45, 2.75) is 18.8 Å². The quantitative estimate of drug-likeness (QED) is 0.770. The number of rotatable bonds is 4. The Morgan fingerprint density at radius 2 is 2.17 bits per heavy atom. The van der Waals surface area contributed by atoms with Crippen molar-refractivity contribution in [1.82, 2.24) is 0 Å². The number of carbonyl (C=O) groups is 1. The first-order valence-electron chi connectivity index (χ1n) is 5.51. The maximum absolute atomic E-state index is 13.3. The van der Waals surface area contributed by atoms with E-state index < -0.39 is 10.7 Å². The molecule has 1 atom stereocenters. The first kappa shape index (κ1) is 13.2. The standard InChI is InChI=1S/C14H12ClFOS/c1-14(13(15)17,9-12-6-3-7-18-12)10-4-2-5-11(16)8-10/h2-8H,9H2,1H3. The first-order valence-corrected chi connectivity index (χ1v) is 6.76. The summed E-state index contributed by atoms with van der Waals surface area (Å²) in [6, 6.07) is 9.92. The van der Waals surface area contributed by atoms with Gasteiger partial charge in [0.15, 0.2) is 0 Å². The van der Waals surface area contributed by atoms with Crippen molar-refractivity contribution in [2.75, 3.05) is 0 Å². The van der Waals surface area contributed by atoms with E-state index in [0.717, 1.165) is 4.88 Å². The number of benzene rings is 1. The van der Waals surface area contributed by atoms with Crippen LogP contribution >= 0.6 is 22.9 Å². The van der Waals surface area contributed by atoms with Crippen molar-refractivity contribution < 1.29 is 9.18 Å². The second-order valence-electron chi connectivity index (χ2n) is 4.37. The van der Waals surface area contributed by atoms with Gasteiger partial charge < -0.3 is 0 Å². The van der Waals surface area contributed by atoms with E-state index in [4.69, 9.17) is 11.6 Å². The lowest BCUT2D eigenvalue weighted by Crippen LogP contribution is -2.31. The van der Waals surface area contributed by atoms with Crippen LogP contribution in [0.3, 0.4) is 0 Å². The van der Waals surface area contributed by atoms with E-state index in [-0.39, 0.29) is 5.82 Å². The second kappa shape index (κ2) is 5.21. The van der Waals surface area contributed by atoms with Crippen LogP contribution < -0.4 is 0 Å². The molecule has 0 N–H and O–H groups in total. The second-order valence-corrected chi connectivity index (χ2v) is 5.75. The Hall–Kier alpha value is -1.19. The van der Waals surface area contributed by atoms with Crippen LogP contribution in [0, 0.1) is 5.82 Å². The number of thiophene rings is 1. The average molecular weight is 283 g/mol. The van der Waals surface area contributed by atoms with Gasteiger partial charge in [0.05, 0.1) is 5.41 Å². The zero-order valence-corrected chi connectivity index (χ0v) is 11.4. The van der Waals surface area contributed by atoms with Crippen molar-refractivity contribution in [1.29, 1.82) is 0 Å². The van der Waals surface area contributed by atoms with Gasteiger partial charge in [-0.3, -0.25) is 4.79 Å². The van der Waals surface area contributed by atoms with Crippen LogP contribution in [0.4, 0.5) is 4.39 Å². The van der Waals surface area contributed by atoms with Crippen LogP contribution in [-0.2, 0) is 16.6 Å². The maximum atomic E-state index is 13.3. The van der Waals surface area contributed by atoms with Gasteiger partial charge in [0.2, 0.25) is 5.24 Å². The fourth-order valence-electron chi connectivity index (χ4n) is 1.88. The summed E-state index contributed by atoms with van der Waals surface area (Å²) >= 11 is 7.29. The Bertz CT molecular complexity index is 553. The van der Waals surface area contributed by atoms with Crippen molar-refractivity contribution in [2.24, 2.45) is 0 Å². The molecule has 0 bridgehead atoms. The summed E-state index contributed by atoms with van der Waals surface area (Å²) in [5, 5.41) is 1.47. The third-order valence-electron chi connectivity index (χ3n) is 3.00. The van der Waals surface area contributed by atoms with Gasteiger partial charge in [-0.05, 0) is 54.1 Å². The summed E-state index contributed by atoms with van der Waals surface area (Å²) in [6.45, 7) is 1.75. The molecule has 2 rings (SSSR count). The molecule has 4 heteroatoms. The molecule has 1 aromatic carbocycles. The molecule has 0 aliphatic heterocycles. The highest BCUT2D eigenvalue weighted by Crippen LogP contribution is 2.32. The number of hydrogen-bond donors (Lipinski definition) is 0.